The molecule has 0 radical (unpaired) electrons. The molecule has 2 N–H and O–H groups in total. The minimum atomic E-state index is -0.927. The summed E-state index contributed by atoms with van der Waals surface area (Å²) in [4.78, 5) is 0. The summed E-state index contributed by atoms with van der Waals surface area (Å²) in [5.74, 6) is 0. The molecule has 0 fully saturated rings. The van der Waals surface area contributed by atoms with Crippen LogP contribution in [0.4, 0.5) is 0 Å². The maximum atomic E-state index is 9.44. The van der Waals surface area contributed by atoms with E-state index in [1.807, 2.05) is 0 Å². The molecule has 0 saturated carbocycles. The van der Waals surface area contributed by atoms with E-state index >= 15 is 0 Å². The van der Waals surface area contributed by atoms with E-state index in [0.717, 1.165) is 0 Å². The van der Waals surface area contributed by atoms with Crippen LogP contribution in [0.3, 0.4) is 0 Å². The molecule has 12 heavy (non-hydrogen) atoms. The third kappa shape index (κ3) is 1.80. The lowest BCUT2D eigenvalue weighted by atomic mass is 10.1. The minimum absolute atomic E-state index is 0.409. The number of aromatic nitrogens is 3. The van der Waals surface area contributed by atoms with Gasteiger partial charge < -0.3 is 10.2 Å². The average Bonchev–Trinajstić information content (AvgIpc) is 2.49. The number of rotatable bonds is 3. The minimum Gasteiger partial charge on any atom is -0.390 e. The first-order chi connectivity index (χ1) is 5.65. The first-order valence-corrected chi connectivity index (χ1v) is 3.87. The molecule has 1 aromatic rings. The predicted octanol–water partition coefficient (Wildman–Crippen LogP) is -0.381. The van der Waals surface area contributed by atoms with E-state index in [1.165, 1.54) is 4.68 Å². The molecule has 0 aliphatic rings. The first-order valence-electron chi connectivity index (χ1n) is 3.87. The van der Waals surface area contributed by atoms with Crippen molar-refractivity contribution in [3.05, 3.63) is 11.9 Å². The van der Waals surface area contributed by atoms with Gasteiger partial charge >= 0.3 is 0 Å². The van der Waals surface area contributed by atoms with Crippen molar-refractivity contribution in [1.82, 2.24) is 15.0 Å². The summed E-state index contributed by atoms with van der Waals surface area (Å²) >= 11 is 0. The summed E-state index contributed by atoms with van der Waals surface area (Å²) in [6, 6.07) is 0. The third-order valence-corrected chi connectivity index (χ3v) is 1.71. The number of aryl methyl sites for hydroxylation is 1. The molecule has 0 aromatic carbocycles. The number of nitrogens with zero attached hydrogens (tertiary/aromatic N) is 3. The standard InChI is InChI=1S/C7H13N3O2/c1-3-6(11)7(12)5-4-10(2)9-8-5/h4,6-7,11-12H,3H2,1-2H3. The molecule has 1 aromatic heterocycles. The highest BCUT2D eigenvalue weighted by Gasteiger charge is 2.18. The van der Waals surface area contributed by atoms with Crippen molar-refractivity contribution < 1.29 is 10.2 Å². The van der Waals surface area contributed by atoms with Gasteiger partial charge in [0, 0.05) is 7.05 Å². The Morgan fingerprint density at radius 2 is 2.25 bits per heavy atom. The molecule has 1 heterocycles. The first kappa shape index (κ1) is 9.15. The van der Waals surface area contributed by atoms with Crippen molar-refractivity contribution >= 4 is 0 Å². The van der Waals surface area contributed by atoms with Gasteiger partial charge in [-0.3, -0.25) is 4.68 Å². The zero-order chi connectivity index (χ0) is 9.14. The summed E-state index contributed by atoms with van der Waals surface area (Å²) in [7, 11) is 1.71. The Kier molecular flexibility index (Phi) is 2.78. The van der Waals surface area contributed by atoms with Crippen molar-refractivity contribution in [1.29, 1.82) is 0 Å². The summed E-state index contributed by atoms with van der Waals surface area (Å²) in [6.07, 6.45) is 0.395. The fourth-order valence-electron chi connectivity index (χ4n) is 0.921. The Morgan fingerprint density at radius 1 is 1.58 bits per heavy atom. The predicted molar refractivity (Wildman–Crippen MR) is 42.3 cm³/mol. The summed E-state index contributed by atoms with van der Waals surface area (Å²) in [6.45, 7) is 1.80. The lowest BCUT2D eigenvalue weighted by molar-refractivity contribution is 0.0138. The molecule has 1 rings (SSSR count). The fraction of sp³-hybridized carbons (Fsp3) is 0.714. The van der Waals surface area contributed by atoms with E-state index in [0.29, 0.717) is 12.1 Å². The van der Waals surface area contributed by atoms with Gasteiger partial charge in [-0.2, -0.15) is 0 Å². The molecule has 0 aliphatic heterocycles. The molecule has 2 atom stereocenters. The van der Waals surface area contributed by atoms with Crippen LogP contribution in [0.5, 0.6) is 0 Å². The monoisotopic (exact) mass is 171 g/mol. The molecule has 5 heteroatoms. The molecule has 0 aliphatic carbocycles. The molecule has 5 nitrogen and oxygen atoms in total. The van der Waals surface area contributed by atoms with Gasteiger partial charge in [0.05, 0.1) is 12.3 Å². The van der Waals surface area contributed by atoms with Gasteiger partial charge in [-0.05, 0) is 6.42 Å². The van der Waals surface area contributed by atoms with Gasteiger partial charge in [-0.15, -0.1) is 5.10 Å². The van der Waals surface area contributed by atoms with Crippen LogP contribution in [0.1, 0.15) is 25.1 Å². The Morgan fingerprint density at radius 3 is 2.67 bits per heavy atom. The second kappa shape index (κ2) is 3.64. The maximum Gasteiger partial charge on any atom is 0.125 e. The van der Waals surface area contributed by atoms with Gasteiger partial charge in [-0.25, -0.2) is 0 Å². The van der Waals surface area contributed by atoms with Crippen molar-refractivity contribution in [3.63, 3.8) is 0 Å². The number of hydrogen-bond acceptors (Lipinski definition) is 4. The van der Waals surface area contributed by atoms with Crippen molar-refractivity contribution in [2.45, 2.75) is 25.6 Å². The molecule has 0 spiro atoms. The van der Waals surface area contributed by atoms with E-state index < -0.39 is 12.2 Å². The van der Waals surface area contributed by atoms with E-state index in [1.54, 1.807) is 20.2 Å². The molecule has 2 unspecified atom stereocenters. The Labute approximate surface area is 70.6 Å². The second-order valence-electron chi connectivity index (χ2n) is 2.74. The molecule has 0 saturated heterocycles. The summed E-state index contributed by atoms with van der Waals surface area (Å²) in [5, 5.41) is 26.0. The van der Waals surface area contributed by atoms with Gasteiger partial charge in [-0.1, -0.05) is 12.1 Å². The molecular formula is C7H13N3O2. The van der Waals surface area contributed by atoms with Crippen LogP contribution in [0.2, 0.25) is 0 Å². The van der Waals surface area contributed by atoms with Gasteiger partial charge in [0.25, 0.3) is 0 Å². The second-order valence-corrected chi connectivity index (χ2v) is 2.74. The van der Waals surface area contributed by atoms with Crippen molar-refractivity contribution in [2.75, 3.05) is 0 Å². The van der Waals surface area contributed by atoms with E-state index in [9.17, 15) is 10.2 Å². The Balaban J connectivity index is 2.70. The fourth-order valence-corrected chi connectivity index (χ4v) is 0.921. The SMILES string of the molecule is CCC(O)C(O)c1cn(C)nn1. The number of aliphatic hydroxyl groups excluding tert-OH is 2. The molecule has 0 bridgehead atoms. The van der Waals surface area contributed by atoms with E-state index in [2.05, 4.69) is 10.3 Å². The van der Waals surface area contributed by atoms with Crippen LogP contribution in [-0.4, -0.2) is 31.3 Å². The zero-order valence-electron chi connectivity index (χ0n) is 7.18. The van der Waals surface area contributed by atoms with E-state index in [-0.39, 0.29) is 0 Å². The Hall–Kier alpha value is -0.940. The summed E-state index contributed by atoms with van der Waals surface area (Å²) < 4.78 is 1.49. The van der Waals surface area contributed by atoms with Gasteiger partial charge in [0.15, 0.2) is 0 Å². The van der Waals surface area contributed by atoms with Crippen LogP contribution in [0.15, 0.2) is 6.20 Å². The number of hydrogen-bond donors (Lipinski definition) is 2. The van der Waals surface area contributed by atoms with Crippen LogP contribution < -0.4 is 0 Å². The van der Waals surface area contributed by atoms with Crippen molar-refractivity contribution in [3.8, 4) is 0 Å². The topological polar surface area (TPSA) is 71.2 Å². The molecule has 68 valence electrons. The van der Waals surface area contributed by atoms with Crippen LogP contribution in [0.25, 0.3) is 0 Å². The highest BCUT2D eigenvalue weighted by molar-refractivity contribution is 4.99. The average molecular weight is 171 g/mol. The number of aliphatic hydroxyl groups is 2. The normalized spacial score (nSPS) is 16.0. The highest BCUT2D eigenvalue weighted by atomic mass is 16.3. The van der Waals surface area contributed by atoms with Crippen LogP contribution >= 0.6 is 0 Å². The van der Waals surface area contributed by atoms with Gasteiger partial charge in [0.1, 0.15) is 11.8 Å². The molecular weight excluding hydrogens is 158 g/mol. The quantitative estimate of drug-likeness (QED) is 0.650. The third-order valence-electron chi connectivity index (χ3n) is 1.71. The van der Waals surface area contributed by atoms with Crippen LogP contribution in [-0.2, 0) is 7.05 Å². The summed E-state index contributed by atoms with van der Waals surface area (Å²) in [5.41, 5.74) is 0.409. The highest BCUT2D eigenvalue weighted by Crippen LogP contribution is 2.15. The van der Waals surface area contributed by atoms with Gasteiger partial charge in [0.2, 0.25) is 0 Å². The molecule has 0 amide bonds. The lowest BCUT2D eigenvalue weighted by Crippen LogP contribution is -2.17. The lowest BCUT2D eigenvalue weighted by Gasteiger charge is -2.12. The zero-order valence-corrected chi connectivity index (χ0v) is 7.18. The maximum absolute atomic E-state index is 9.44. The van der Waals surface area contributed by atoms with Crippen molar-refractivity contribution in [2.24, 2.45) is 7.05 Å². The smallest absolute Gasteiger partial charge is 0.125 e. The van der Waals surface area contributed by atoms with E-state index in [4.69, 9.17) is 0 Å². The van der Waals surface area contributed by atoms with Crippen LogP contribution in [0, 0.1) is 0 Å². The largest absolute Gasteiger partial charge is 0.390 e. The Bertz CT molecular complexity index is 249.